The van der Waals surface area contributed by atoms with Gasteiger partial charge >= 0.3 is 0 Å². The highest BCUT2D eigenvalue weighted by Gasteiger charge is 2.50. The van der Waals surface area contributed by atoms with Crippen LogP contribution in [0.1, 0.15) is 87.6 Å². The number of benzene rings is 3. The first-order chi connectivity index (χ1) is 42.6. The minimum Gasteiger partial charge on any atom is -0.504 e. The number of nitrogens with one attached hydrogen (secondary N) is 6. The molecule has 3 fully saturated rings. The number of carbonyl (C=O) groups is 7. The van der Waals surface area contributed by atoms with Crippen LogP contribution >= 0.6 is 12.3 Å². The van der Waals surface area contributed by atoms with Crippen molar-refractivity contribution in [3.8, 4) is 17.2 Å². The number of phenols is 1. The van der Waals surface area contributed by atoms with Gasteiger partial charge in [0.05, 0.1) is 62.5 Å². The van der Waals surface area contributed by atoms with E-state index in [-0.39, 0.29) is 42.3 Å². The number of nitrogens with zero attached hydrogens (tertiary/aromatic N) is 2. The number of β-amino-alcohol motifs (C(OH)–C–C–N with tert-alkyl or cyclic N) is 1. The number of amides is 7. The number of unbranched alkanes of at least 4 members (excludes halogenated alkanes) is 5. The molecule has 494 valence electrons. The number of methoxy groups -OCH3 is 1. The number of fused-ring (bicyclic) bond motifs is 3. The van der Waals surface area contributed by atoms with E-state index in [1.165, 1.54) is 25.1 Å². The molecule has 13 atom stereocenters. The summed E-state index contributed by atoms with van der Waals surface area (Å²) in [4.78, 5) is 104. The molecule has 6 rings (SSSR count). The highest BCUT2D eigenvalue weighted by Crippen LogP contribution is 2.32. The van der Waals surface area contributed by atoms with Crippen LogP contribution in [0.2, 0.25) is 0 Å². The van der Waals surface area contributed by atoms with Gasteiger partial charge in [-0.1, -0.05) is 60.2 Å². The van der Waals surface area contributed by atoms with Gasteiger partial charge < -0.3 is 101 Å². The van der Waals surface area contributed by atoms with E-state index in [1.807, 2.05) is 6.07 Å². The van der Waals surface area contributed by atoms with Crippen molar-refractivity contribution in [3.05, 3.63) is 65.7 Å². The molecule has 0 spiro atoms. The van der Waals surface area contributed by atoms with Gasteiger partial charge in [0.25, 0.3) is 18.2 Å². The molecule has 3 saturated heterocycles. The number of hydrogen-bond donors (Lipinski definition) is 16. The first kappa shape index (κ1) is 71.5. The second-order valence-corrected chi connectivity index (χ2v) is 23.0. The third-order valence-corrected chi connectivity index (χ3v) is 16.2. The van der Waals surface area contributed by atoms with Gasteiger partial charge in [-0.15, -0.1) is 0 Å². The molecule has 31 heteroatoms. The smallest absolute Gasteiger partial charge is 0.261 e. The lowest BCUT2D eigenvalue weighted by molar-refractivity contribution is -0.433. The van der Waals surface area contributed by atoms with Crippen molar-refractivity contribution in [1.82, 2.24) is 41.7 Å². The van der Waals surface area contributed by atoms with Crippen LogP contribution in [0.25, 0.3) is 10.8 Å². The normalized spacial score (nSPS) is 25.3. The summed E-state index contributed by atoms with van der Waals surface area (Å²) < 4.78 is 20.5. The molecule has 0 unspecified atom stereocenters. The summed E-state index contributed by atoms with van der Waals surface area (Å²) in [6.45, 7) is 0.973. The van der Waals surface area contributed by atoms with Crippen LogP contribution < -0.4 is 40.8 Å². The molecule has 30 nitrogen and oxygen atoms in total. The molecule has 3 heterocycles. The first-order valence-electron chi connectivity index (χ1n) is 29.5. The quantitative estimate of drug-likeness (QED) is 0.0163. The van der Waals surface area contributed by atoms with Crippen molar-refractivity contribution >= 4 is 64.4 Å². The van der Waals surface area contributed by atoms with Crippen molar-refractivity contribution in [1.29, 1.82) is 0 Å². The van der Waals surface area contributed by atoms with E-state index in [4.69, 9.17) is 18.9 Å². The fourth-order valence-electron chi connectivity index (χ4n) is 10.8. The number of aliphatic hydroxyl groups excluding tert-OH is 8. The first-order valence-corrected chi connectivity index (χ1v) is 30.2. The Bertz CT molecular complexity index is 2840. The molecule has 0 aliphatic carbocycles. The molecule has 0 aromatic heterocycles. The topological polar surface area (TPSA) is 447 Å². The Balaban J connectivity index is 1.33. The third kappa shape index (κ3) is 20.2. The maximum atomic E-state index is 14.9. The molecule has 3 aliphatic heterocycles. The van der Waals surface area contributed by atoms with E-state index < -0.39 is 184 Å². The summed E-state index contributed by atoms with van der Waals surface area (Å²) in [5.74, 6) is -8.90. The Morgan fingerprint density at radius 1 is 0.742 bits per heavy atom. The number of carbonyl (C=O) groups excluding carboxylic acids is 7. The molecule has 0 saturated carbocycles. The lowest BCUT2D eigenvalue weighted by atomic mass is 9.98. The zero-order valence-corrected chi connectivity index (χ0v) is 50.5. The van der Waals surface area contributed by atoms with Crippen LogP contribution in [0.3, 0.4) is 0 Å². The van der Waals surface area contributed by atoms with Crippen LogP contribution in [0.4, 0.5) is 0 Å². The van der Waals surface area contributed by atoms with Gasteiger partial charge in [-0.3, -0.25) is 33.6 Å². The second kappa shape index (κ2) is 35.2. The van der Waals surface area contributed by atoms with Gasteiger partial charge in [0.15, 0.2) is 11.5 Å². The lowest BCUT2D eigenvalue weighted by Crippen LogP contribution is -2.64. The van der Waals surface area contributed by atoms with E-state index in [2.05, 4.69) is 41.3 Å². The van der Waals surface area contributed by atoms with Crippen LogP contribution in [0.15, 0.2) is 54.6 Å². The van der Waals surface area contributed by atoms with Gasteiger partial charge in [-0.2, -0.15) is 0 Å². The summed E-state index contributed by atoms with van der Waals surface area (Å²) in [7, 11) is 1.68. The molecule has 89 heavy (non-hydrogen) atoms. The fraction of sp³-hybridized carbons (Fsp3) is 0.603. The Hall–Kier alpha value is -6.56. The minimum atomic E-state index is -2.15. The number of phenolic OH excluding ortho intramolecular Hbond substituents is 1. The lowest BCUT2D eigenvalue weighted by Gasteiger charge is -2.34. The fourth-order valence-corrected chi connectivity index (χ4v) is 11.1. The van der Waals surface area contributed by atoms with Crippen LogP contribution in [-0.4, -0.2) is 241 Å². The van der Waals surface area contributed by atoms with Crippen LogP contribution in [0.5, 0.6) is 17.2 Å². The molecule has 3 aliphatic rings. The molecule has 0 radical (unpaired) electrons. The summed E-state index contributed by atoms with van der Waals surface area (Å²) in [6.07, 6.45) is -6.41. The van der Waals surface area contributed by atoms with Crippen LogP contribution in [-0.2, 0) is 49.3 Å². The molecule has 3 aromatic carbocycles. The maximum Gasteiger partial charge on any atom is 0.261 e. The van der Waals surface area contributed by atoms with Gasteiger partial charge in [-0.25, -0.2) is 5.26 Å². The van der Waals surface area contributed by atoms with Gasteiger partial charge in [0.1, 0.15) is 42.0 Å². The Morgan fingerprint density at radius 3 is 2.10 bits per heavy atom. The number of aromatic hydroxyl groups is 1. The van der Waals surface area contributed by atoms with Crippen molar-refractivity contribution in [3.63, 3.8) is 0 Å². The van der Waals surface area contributed by atoms with Crippen molar-refractivity contribution in [2.75, 3.05) is 59.7 Å². The van der Waals surface area contributed by atoms with E-state index in [9.17, 15) is 79.5 Å². The molecule has 0 bridgehead atoms. The zero-order chi connectivity index (χ0) is 64.9. The predicted molar refractivity (Wildman–Crippen MR) is 316 cm³/mol. The monoisotopic (exact) mass is 1280 g/mol. The summed E-state index contributed by atoms with van der Waals surface area (Å²) >= 11 is 0.0687. The van der Waals surface area contributed by atoms with Crippen molar-refractivity contribution < 1.29 is 108 Å². The summed E-state index contributed by atoms with van der Waals surface area (Å²) in [5.41, 5.74) is 0.167. The Kier molecular flexibility index (Phi) is 28.2. The van der Waals surface area contributed by atoms with Gasteiger partial charge in [0, 0.05) is 64.1 Å². The van der Waals surface area contributed by atoms with Crippen LogP contribution in [0, 0.1) is 5.92 Å². The average molecular weight is 1280 g/mol. The standard InChI is InChI=1S/C58H84N8O22S/c1-31-27-66-50(51(31)75)56(80)60-26-38(70)24-41(61-52(76)36-12-11-35-23-40(14-13-34(35)22-36)85-19-9-7-5-4-6-8-18-84-3)53(77)62-47(32(2)69)57(81)65-28-39(71)25-42(65)54(78)63-48(45(74)20-33-10-15-43(72)46(21-33)86-89-88-87-83)55(79)64-49(58(66)82)44(73)16-17-59-37(29-67)30-68/h10-15,21-23,31-32,37-39,41-42,44-45,47-51,59,67-75,83H,4-9,16-20,24-30H2,1-3H3,(H,60,80)(H,61,76)(H,62,77)(H,63,78)(H,64,79)/t31-,32+,38+,39+,41-,42-,44+,45+,47-,48-,49-,50-,51-/m0/s1. The highest BCUT2D eigenvalue weighted by molar-refractivity contribution is 7.90. The molecule has 3 aromatic rings. The van der Waals surface area contributed by atoms with Gasteiger partial charge in [-0.05, 0) is 85.5 Å². The SMILES string of the molecule is COCCCCCCCCOc1ccc2cc(C(=O)N[C@H]3C[C@@H](O)CNC(=O)[C@@H]4[C@@H](O)[C@@H](C)CN4C(=O)[C@H]([C@H](O)CCNC(CO)CO)NC(=O)[C@H]([C@H](O)Cc4ccc(O)c(OSOOO)c4)NC(=O)[C@@H]4C[C@@H](O)CN4C(=O)[C@H]([C@@H](C)O)NC3=O)ccc2c1. The highest BCUT2D eigenvalue weighted by atomic mass is 32.2. The maximum absolute atomic E-state index is 14.9. The molecular formula is C58H84N8O22S. The largest absolute Gasteiger partial charge is 0.504 e. The Labute approximate surface area is 517 Å². The molecule has 16 N–H and O–H groups in total. The number of ether oxygens (including phenoxy) is 2. The second-order valence-electron chi connectivity index (χ2n) is 22.6. The Morgan fingerprint density at radius 2 is 1.40 bits per heavy atom. The van der Waals surface area contributed by atoms with E-state index >= 15 is 0 Å². The number of aliphatic hydroxyl groups is 8. The zero-order valence-electron chi connectivity index (χ0n) is 49.7. The van der Waals surface area contributed by atoms with E-state index in [0.29, 0.717) is 17.7 Å². The predicted octanol–water partition coefficient (Wildman–Crippen LogP) is -2.44. The molecule has 7 amide bonds. The minimum absolute atomic E-state index is 0.0585. The summed E-state index contributed by atoms with van der Waals surface area (Å²) in [5, 5.41) is 127. The number of rotatable bonds is 27. The van der Waals surface area contributed by atoms with E-state index in [0.717, 1.165) is 73.3 Å². The van der Waals surface area contributed by atoms with Crippen molar-refractivity contribution in [2.45, 2.75) is 157 Å². The van der Waals surface area contributed by atoms with E-state index in [1.54, 1.807) is 31.4 Å². The van der Waals surface area contributed by atoms with Crippen molar-refractivity contribution in [2.24, 2.45) is 5.92 Å². The average Bonchev–Trinajstić information content (AvgIpc) is 1.96. The third-order valence-electron chi connectivity index (χ3n) is 15.8. The number of hydrogen-bond acceptors (Lipinski definition) is 24. The summed E-state index contributed by atoms with van der Waals surface area (Å²) in [6, 6.07) is 1.34. The molecular weight excluding hydrogens is 1190 g/mol. The van der Waals surface area contributed by atoms with Gasteiger partial charge in [0.2, 0.25) is 35.4 Å².